The van der Waals surface area contributed by atoms with Gasteiger partial charge in [-0.2, -0.15) is 0 Å². The van der Waals surface area contributed by atoms with E-state index in [1.165, 1.54) is 12.1 Å². The molecule has 0 heterocycles. The van der Waals surface area contributed by atoms with Gasteiger partial charge in [0.05, 0.1) is 4.92 Å². The zero-order valence-corrected chi connectivity index (χ0v) is 12.1. The zero-order chi connectivity index (χ0) is 14.7. The van der Waals surface area contributed by atoms with Crippen molar-refractivity contribution < 1.29 is 14.4 Å². The number of halogens is 1. The Labute approximate surface area is 122 Å². The molecule has 1 saturated carbocycles. The highest BCUT2D eigenvalue weighted by molar-refractivity contribution is 6.30. The Hall–Kier alpha value is -1.37. The average Bonchev–Trinajstić information content (AvgIpc) is 2.41. The molecular formula is C13H17ClN2O4. The molecule has 1 N–H and O–H groups in total. The van der Waals surface area contributed by atoms with E-state index in [2.05, 4.69) is 5.32 Å². The largest absolute Gasteiger partial charge is 0.481 e. The Morgan fingerprint density at radius 3 is 2.90 bits per heavy atom. The Morgan fingerprint density at radius 1 is 1.55 bits per heavy atom. The van der Waals surface area contributed by atoms with Gasteiger partial charge in [0.2, 0.25) is 0 Å². The lowest BCUT2D eigenvalue weighted by molar-refractivity contribution is -0.386. The summed E-state index contributed by atoms with van der Waals surface area (Å²) in [6, 6.07) is 4.61. The topological polar surface area (TPSA) is 73.6 Å². The van der Waals surface area contributed by atoms with Crippen LogP contribution in [0.4, 0.5) is 5.69 Å². The molecule has 0 aliphatic heterocycles. The summed E-state index contributed by atoms with van der Waals surface area (Å²) in [7, 11) is 1.86. The standard InChI is InChI=1S/C13H17ClN2O4/c1-3-19-13-9(15-2)7-12(13)20-11-5-4-8(14)6-10(11)16(17)18/h4-6,9,12-13,15H,3,7H2,1-2H3. The maximum absolute atomic E-state index is 11.0. The molecule has 1 aliphatic rings. The van der Waals surface area contributed by atoms with Gasteiger partial charge in [-0.05, 0) is 26.1 Å². The molecule has 3 atom stereocenters. The number of nitro groups is 1. The van der Waals surface area contributed by atoms with Gasteiger partial charge in [-0.15, -0.1) is 0 Å². The van der Waals surface area contributed by atoms with Crippen LogP contribution < -0.4 is 10.1 Å². The molecule has 1 aromatic carbocycles. The van der Waals surface area contributed by atoms with Crippen LogP contribution in [0.5, 0.6) is 5.75 Å². The summed E-state index contributed by atoms with van der Waals surface area (Å²) < 4.78 is 11.3. The van der Waals surface area contributed by atoms with E-state index in [9.17, 15) is 10.1 Å². The molecule has 20 heavy (non-hydrogen) atoms. The van der Waals surface area contributed by atoms with Crippen molar-refractivity contribution in [2.75, 3.05) is 13.7 Å². The smallest absolute Gasteiger partial charge is 0.312 e. The van der Waals surface area contributed by atoms with Crippen LogP contribution in [0.3, 0.4) is 0 Å². The first-order valence-electron chi connectivity index (χ1n) is 6.46. The second kappa shape index (κ2) is 6.39. The maximum atomic E-state index is 11.0. The summed E-state index contributed by atoms with van der Waals surface area (Å²) in [5, 5.41) is 14.5. The number of nitrogens with one attached hydrogen (secondary N) is 1. The fraction of sp³-hybridized carbons (Fsp3) is 0.538. The van der Waals surface area contributed by atoms with Crippen molar-refractivity contribution in [2.45, 2.75) is 31.6 Å². The summed E-state index contributed by atoms with van der Waals surface area (Å²) in [5.41, 5.74) is -0.124. The van der Waals surface area contributed by atoms with E-state index in [0.717, 1.165) is 6.42 Å². The molecule has 0 spiro atoms. The second-order valence-corrected chi connectivity index (χ2v) is 5.01. The van der Waals surface area contributed by atoms with Gasteiger partial charge in [0.25, 0.3) is 0 Å². The van der Waals surface area contributed by atoms with Crippen LogP contribution in [-0.4, -0.2) is 36.8 Å². The maximum Gasteiger partial charge on any atom is 0.312 e. The minimum absolute atomic E-state index is 0.0970. The zero-order valence-electron chi connectivity index (χ0n) is 11.3. The van der Waals surface area contributed by atoms with Crippen molar-refractivity contribution in [3.05, 3.63) is 33.3 Å². The SMILES string of the molecule is CCOC1C(NC)CC1Oc1ccc(Cl)cc1[N+](=O)[O-]. The summed E-state index contributed by atoms with van der Waals surface area (Å²) in [6.45, 7) is 2.48. The molecule has 6 nitrogen and oxygen atoms in total. The second-order valence-electron chi connectivity index (χ2n) is 4.58. The first-order chi connectivity index (χ1) is 9.56. The summed E-state index contributed by atoms with van der Waals surface area (Å²) in [4.78, 5) is 10.5. The van der Waals surface area contributed by atoms with E-state index < -0.39 is 4.92 Å². The molecule has 0 bridgehead atoms. The number of benzene rings is 1. The molecule has 1 fully saturated rings. The van der Waals surface area contributed by atoms with Crippen molar-refractivity contribution in [1.82, 2.24) is 5.32 Å². The molecule has 7 heteroatoms. The molecular weight excluding hydrogens is 284 g/mol. The summed E-state index contributed by atoms with van der Waals surface area (Å²) in [5.74, 6) is 0.226. The molecule has 0 radical (unpaired) electrons. The predicted octanol–water partition coefficient (Wildman–Crippen LogP) is 2.39. The Morgan fingerprint density at radius 2 is 2.30 bits per heavy atom. The minimum atomic E-state index is -0.495. The first-order valence-corrected chi connectivity index (χ1v) is 6.84. The molecule has 0 amide bonds. The third-order valence-electron chi connectivity index (χ3n) is 3.38. The normalized spacial score (nSPS) is 25.1. The van der Waals surface area contributed by atoms with Crippen LogP contribution in [0.25, 0.3) is 0 Å². The average molecular weight is 301 g/mol. The quantitative estimate of drug-likeness (QED) is 0.645. The third kappa shape index (κ3) is 3.03. The lowest BCUT2D eigenvalue weighted by Crippen LogP contribution is -2.60. The number of hydrogen-bond acceptors (Lipinski definition) is 5. The van der Waals surface area contributed by atoms with Crippen molar-refractivity contribution >= 4 is 17.3 Å². The van der Waals surface area contributed by atoms with Crippen molar-refractivity contribution in [2.24, 2.45) is 0 Å². The number of hydrogen-bond donors (Lipinski definition) is 1. The Bertz CT molecular complexity index is 497. The molecule has 3 unspecified atom stereocenters. The minimum Gasteiger partial charge on any atom is -0.481 e. The first kappa shape index (κ1) is 15.0. The van der Waals surface area contributed by atoms with Crippen LogP contribution in [0.1, 0.15) is 13.3 Å². The summed E-state index contributed by atoms with van der Waals surface area (Å²) in [6.07, 6.45) is 0.466. The number of nitro benzene ring substituents is 1. The fourth-order valence-electron chi connectivity index (χ4n) is 2.29. The molecule has 110 valence electrons. The predicted molar refractivity (Wildman–Crippen MR) is 75.4 cm³/mol. The van der Waals surface area contributed by atoms with E-state index in [0.29, 0.717) is 11.6 Å². The Balaban J connectivity index is 2.12. The van der Waals surface area contributed by atoms with Crippen LogP contribution in [0.2, 0.25) is 5.02 Å². The lowest BCUT2D eigenvalue weighted by atomic mass is 9.85. The van der Waals surface area contributed by atoms with Crippen molar-refractivity contribution in [3.63, 3.8) is 0 Å². The van der Waals surface area contributed by atoms with Gasteiger partial charge >= 0.3 is 5.69 Å². The highest BCUT2D eigenvalue weighted by Gasteiger charge is 2.43. The van der Waals surface area contributed by atoms with Gasteiger partial charge in [-0.25, -0.2) is 0 Å². The van der Waals surface area contributed by atoms with Crippen LogP contribution in [0.15, 0.2) is 18.2 Å². The Kier molecular flexibility index (Phi) is 4.80. The van der Waals surface area contributed by atoms with Gasteiger partial charge in [0.1, 0.15) is 12.2 Å². The van der Waals surface area contributed by atoms with Gasteiger partial charge in [-0.1, -0.05) is 11.6 Å². The number of nitrogens with zero attached hydrogens (tertiary/aromatic N) is 1. The highest BCUT2D eigenvalue weighted by atomic mass is 35.5. The molecule has 0 aromatic heterocycles. The lowest BCUT2D eigenvalue weighted by Gasteiger charge is -2.43. The fourth-order valence-corrected chi connectivity index (χ4v) is 2.46. The van der Waals surface area contributed by atoms with Gasteiger partial charge in [0, 0.05) is 30.2 Å². The van der Waals surface area contributed by atoms with E-state index in [1.54, 1.807) is 6.07 Å². The van der Waals surface area contributed by atoms with E-state index in [-0.39, 0.29) is 29.7 Å². The van der Waals surface area contributed by atoms with Gasteiger partial charge < -0.3 is 14.8 Å². The van der Waals surface area contributed by atoms with E-state index in [4.69, 9.17) is 21.1 Å². The monoisotopic (exact) mass is 300 g/mol. The summed E-state index contributed by atoms with van der Waals surface area (Å²) >= 11 is 5.77. The van der Waals surface area contributed by atoms with Gasteiger partial charge in [0.15, 0.2) is 5.75 Å². The van der Waals surface area contributed by atoms with Crippen molar-refractivity contribution in [3.8, 4) is 5.75 Å². The highest BCUT2D eigenvalue weighted by Crippen LogP contribution is 2.35. The van der Waals surface area contributed by atoms with Crippen LogP contribution in [-0.2, 0) is 4.74 Å². The van der Waals surface area contributed by atoms with E-state index in [1.807, 2.05) is 14.0 Å². The molecule has 1 aromatic rings. The van der Waals surface area contributed by atoms with Gasteiger partial charge in [-0.3, -0.25) is 10.1 Å². The molecule has 1 aliphatic carbocycles. The third-order valence-corrected chi connectivity index (χ3v) is 3.61. The van der Waals surface area contributed by atoms with Crippen molar-refractivity contribution in [1.29, 1.82) is 0 Å². The number of ether oxygens (including phenoxy) is 2. The molecule has 2 rings (SSSR count). The molecule has 0 saturated heterocycles. The number of rotatable bonds is 6. The van der Waals surface area contributed by atoms with Crippen LogP contribution in [0, 0.1) is 10.1 Å². The van der Waals surface area contributed by atoms with Crippen LogP contribution >= 0.6 is 11.6 Å². The number of likely N-dealkylation sites (N-methyl/N-ethyl adjacent to an activating group) is 1. The van der Waals surface area contributed by atoms with E-state index >= 15 is 0 Å².